The Labute approximate surface area is 136 Å². The van der Waals surface area contributed by atoms with Crippen LogP contribution in [0, 0.1) is 11.6 Å². The van der Waals surface area contributed by atoms with Crippen LogP contribution in [-0.2, 0) is 21.3 Å². The van der Waals surface area contributed by atoms with Crippen LogP contribution in [0.5, 0.6) is 0 Å². The molecule has 0 unspecified atom stereocenters. The Kier molecular flexibility index (Phi) is 4.39. The monoisotopic (exact) mass is 350 g/mol. The van der Waals surface area contributed by atoms with Gasteiger partial charge < -0.3 is 4.42 Å². The highest BCUT2D eigenvalue weighted by molar-refractivity contribution is 7.89. The SMILES string of the molecule is O=S(=O)(Cc1cccc(F)c1)Cc1nnc(-c2ccc(F)cc2)o1. The van der Waals surface area contributed by atoms with Gasteiger partial charge in [-0.15, -0.1) is 10.2 Å². The Morgan fingerprint density at radius 1 is 0.917 bits per heavy atom. The Balaban J connectivity index is 1.75. The summed E-state index contributed by atoms with van der Waals surface area (Å²) in [6, 6.07) is 10.7. The lowest BCUT2D eigenvalue weighted by molar-refractivity contribution is 0.518. The molecule has 5 nitrogen and oxygen atoms in total. The molecule has 1 aromatic heterocycles. The number of hydrogen-bond donors (Lipinski definition) is 0. The molecule has 0 aliphatic rings. The topological polar surface area (TPSA) is 73.1 Å². The van der Waals surface area contributed by atoms with Crippen molar-refractivity contribution in [2.45, 2.75) is 11.5 Å². The van der Waals surface area contributed by atoms with Crippen LogP contribution in [0.25, 0.3) is 11.5 Å². The first-order chi connectivity index (χ1) is 11.4. The van der Waals surface area contributed by atoms with Gasteiger partial charge in [-0.25, -0.2) is 17.2 Å². The molecular weight excluding hydrogens is 338 g/mol. The molecule has 0 saturated carbocycles. The number of nitrogens with zero attached hydrogens (tertiary/aromatic N) is 2. The summed E-state index contributed by atoms with van der Waals surface area (Å²) >= 11 is 0. The van der Waals surface area contributed by atoms with Crippen molar-refractivity contribution in [2.75, 3.05) is 0 Å². The second-order valence-electron chi connectivity index (χ2n) is 5.17. The minimum Gasteiger partial charge on any atom is -0.420 e. The van der Waals surface area contributed by atoms with Gasteiger partial charge in [0, 0.05) is 5.56 Å². The number of halogens is 2. The summed E-state index contributed by atoms with van der Waals surface area (Å²) in [5.74, 6) is -1.68. The Hall–Kier alpha value is -2.61. The van der Waals surface area contributed by atoms with Crippen molar-refractivity contribution in [1.29, 1.82) is 0 Å². The van der Waals surface area contributed by atoms with Gasteiger partial charge in [-0.1, -0.05) is 12.1 Å². The minimum atomic E-state index is -3.60. The molecule has 0 saturated heterocycles. The van der Waals surface area contributed by atoms with Crippen molar-refractivity contribution in [3.63, 3.8) is 0 Å². The zero-order valence-electron chi connectivity index (χ0n) is 12.3. The molecule has 0 aliphatic carbocycles. The normalized spacial score (nSPS) is 11.6. The van der Waals surface area contributed by atoms with E-state index in [2.05, 4.69) is 10.2 Å². The zero-order chi connectivity index (χ0) is 17.2. The lowest BCUT2D eigenvalue weighted by Gasteiger charge is -2.02. The van der Waals surface area contributed by atoms with E-state index in [1.165, 1.54) is 42.5 Å². The van der Waals surface area contributed by atoms with Crippen LogP contribution in [0.1, 0.15) is 11.5 Å². The van der Waals surface area contributed by atoms with Crippen LogP contribution < -0.4 is 0 Å². The third-order valence-electron chi connectivity index (χ3n) is 3.18. The van der Waals surface area contributed by atoms with E-state index < -0.39 is 27.2 Å². The molecule has 0 bridgehead atoms. The number of benzene rings is 2. The van der Waals surface area contributed by atoms with Gasteiger partial charge in [0.2, 0.25) is 11.8 Å². The second-order valence-corrected chi connectivity index (χ2v) is 7.23. The lowest BCUT2D eigenvalue weighted by atomic mass is 10.2. The molecule has 3 rings (SSSR count). The molecule has 0 fully saturated rings. The fraction of sp³-hybridized carbons (Fsp3) is 0.125. The molecule has 1 heterocycles. The van der Waals surface area contributed by atoms with Gasteiger partial charge in [-0.3, -0.25) is 0 Å². The molecule has 0 aliphatic heterocycles. The predicted octanol–water partition coefficient (Wildman–Crippen LogP) is 3.13. The van der Waals surface area contributed by atoms with Crippen molar-refractivity contribution < 1.29 is 21.6 Å². The Bertz CT molecular complexity index is 953. The van der Waals surface area contributed by atoms with Crippen LogP contribution in [0.4, 0.5) is 8.78 Å². The quantitative estimate of drug-likeness (QED) is 0.707. The van der Waals surface area contributed by atoms with Crippen LogP contribution in [0.15, 0.2) is 52.9 Å². The maximum Gasteiger partial charge on any atom is 0.247 e. The maximum atomic E-state index is 13.1. The van der Waals surface area contributed by atoms with Crippen molar-refractivity contribution >= 4 is 9.84 Å². The van der Waals surface area contributed by atoms with Crippen molar-refractivity contribution in [1.82, 2.24) is 10.2 Å². The number of aromatic nitrogens is 2. The van der Waals surface area contributed by atoms with E-state index in [1.54, 1.807) is 0 Å². The average molecular weight is 350 g/mol. The predicted molar refractivity (Wildman–Crippen MR) is 82.4 cm³/mol. The van der Waals surface area contributed by atoms with Crippen molar-refractivity contribution in [3.8, 4) is 11.5 Å². The highest BCUT2D eigenvalue weighted by atomic mass is 32.2. The van der Waals surface area contributed by atoms with Gasteiger partial charge in [0.05, 0.1) is 5.75 Å². The summed E-state index contributed by atoms with van der Waals surface area (Å²) < 4.78 is 55.7. The first-order valence-electron chi connectivity index (χ1n) is 6.94. The molecule has 24 heavy (non-hydrogen) atoms. The summed E-state index contributed by atoms with van der Waals surface area (Å²) in [7, 11) is -3.60. The van der Waals surface area contributed by atoms with Gasteiger partial charge in [0.1, 0.15) is 17.4 Å². The molecule has 0 atom stereocenters. The highest BCUT2D eigenvalue weighted by Gasteiger charge is 2.18. The Morgan fingerprint density at radius 2 is 1.67 bits per heavy atom. The van der Waals surface area contributed by atoms with Gasteiger partial charge in [0.25, 0.3) is 0 Å². The van der Waals surface area contributed by atoms with Crippen molar-refractivity contribution in [2.24, 2.45) is 0 Å². The van der Waals surface area contributed by atoms with Crippen molar-refractivity contribution in [3.05, 3.63) is 71.6 Å². The van der Waals surface area contributed by atoms with Crippen LogP contribution in [0.3, 0.4) is 0 Å². The van der Waals surface area contributed by atoms with Gasteiger partial charge in [0.15, 0.2) is 9.84 Å². The molecular formula is C16H12F2N2O3S. The summed E-state index contributed by atoms with van der Waals surface area (Å²) in [6.07, 6.45) is 0. The largest absolute Gasteiger partial charge is 0.420 e. The summed E-state index contributed by atoms with van der Waals surface area (Å²) in [5.41, 5.74) is 0.825. The van der Waals surface area contributed by atoms with Crippen LogP contribution >= 0.6 is 0 Å². The van der Waals surface area contributed by atoms with E-state index >= 15 is 0 Å². The smallest absolute Gasteiger partial charge is 0.247 e. The molecule has 3 aromatic rings. The molecule has 8 heteroatoms. The fourth-order valence-electron chi connectivity index (χ4n) is 2.14. The maximum absolute atomic E-state index is 13.1. The second kappa shape index (κ2) is 6.48. The Morgan fingerprint density at radius 3 is 2.38 bits per heavy atom. The minimum absolute atomic E-state index is 0.0780. The van der Waals surface area contributed by atoms with E-state index in [0.29, 0.717) is 11.1 Å². The number of rotatable bonds is 5. The number of hydrogen-bond acceptors (Lipinski definition) is 5. The third kappa shape index (κ3) is 4.02. The zero-order valence-corrected chi connectivity index (χ0v) is 13.1. The molecule has 0 radical (unpaired) electrons. The first-order valence-corrected chi connectivity index (χ1v) is 8.77. The molecule has 0 spiro atoms. The first kappa shape index (κ1) is 16.3. The molecule has 0 N–H and O–H groups in total. The molecule has 0 amide bonds. The van der Waals surface area contributed by atoms with E-state index in [4.69, 9.17) is 4.42 Å². The van der Waals surface area contributed by atoms with E-state index in [0.717, 1.165) is 6.07 Å². The molecule has 2 aromatic carbocycles. The highest BCUT2D eigenvalue weighted by Crippen LogP contribution is 2.20. The van der Waals surface area contributed by atoms with E-state index in [9.17, 15) is 17.2 Å². The standard InChI is InChI=1S/C16H12F2N2O3S/c17-13-6-4-12(5-7-13)16-20-19-15(23-16)10-24(21,22)9-11-2-1-3-14(18)8-11/h1-8H,9-10H2. The number of sulfone groups is 1. The third-order valence-corrected chi connectivity index (χ3v) is 4.64. The van der Waals surface area contributed by atoms with E-state index in [-0.39, 0.29) is 17.5 Å². The fourth-order valence-corrected chi connectivity index (χ4v) is 3.42. The van der Waals surface area contributed by atoms with Crippen LogP contribution in [0.2, 0.25) is 0 Å². The van der Waals surface area contributed by atoms with Gasteiger partial charge in [-0.05, 0) is 42.0 Å². The summed E-state index contributed by atoms with van der Waals surface area (Å²) in [6.45, 7) is 0. The average Bonchev–Trinajstić information content (AvgIpc) is 2.95. The lowest BCUT2D eigenvalue weighted by Crippen LogP contribution is -2.08. The van der Waals surface area contributed by atoms with E-state index in [1.807, 2.05) is 0 Å². The van der Waals surface area contributed by atoms with Gasteiger partial charge in [-0.2, -0.15) is 0 Å². The summed E-state index contributed by atoms with van der Waals surface area (Å²) in [5, 5.41) is 7.45. The summed E-state index contributed by atoms with van der Waals surface area (Å²) in [4.78, 5) is 0. The molecule has 124 valence electrons. The van der Waals surface area contributed by atoms with Gasteiger partial charge >= 0.3 is 0 Å². The van der Waals surface area contributed by atoms with Crippen LogP contribution in [-0.4, -0.2) is 18.6 Å².